The molecule has 1 saturated heterocycles. The zero-order valence-electron chi connectivity index (χ0n) is 14.7. The van der Waals surface area contributed by atoms with E-state index >= 15 is 0 Å². The molecule has 3 N–H and O–H groups in total. The maximum Gasteiger partial charge on any atom is 0.255 e. The highest BCUT2D eigenvalue weighted by atomic mass is 32.1. The topological polar surface area (TPSA) is 80.5 Å². The largest absolute Gasteiger partial charge is 0.364 e. The van der Waals surface area contributed by atoms with Gasteiger partial charge in [0, 0.05) is 37.5 Å². The van der Waals surface area contributed by atoms with E-state index in [2.05, 4.69) is 39.5 Å². The minimum absolute atomic E-state index is 0.00166. The zero-order valence-corrected chi connectivity index (χ0v) is 15.5. The molecule has 1 fully saturated rings. The van der Waals surface area contributed by atoms with Gasteiger partial charge in [-0.2, -0.15) is 0 Å². The molecule has 4 rings (SSSR count). The molecule has 7 heteroatoms. The van der Waals surface area contributed by atoms with Crippen LogP contribution in [0.5, 0.6) is 0 Å². The lowest BCUT2D eigenvalue weighted by Crippen LogP contribution is -2.30. The molecule has 0 saturated carbocycles. The lowest BCUT2D eigenvalue weighted by molar-refractivity contribution is -0.126. The minimum Gasteiger partial charge on any atom is -0.364 e. The third kappa shape index (κ3) is 3.96. The number of anilines is 1. The normalized spacial score (nSPS) is 23.0. The van der Waals surface area contributed by atoms with Crippen molar-refractivity contribution in [1.82, 2.24) is 9.88 Å². The van der Waals surface area contributed by atoms with E-state index in [-0.39, 0.29) is 12.0 Å². The summed E-state index contributed by atoms with van der Waals surface area (Å²) in [5.41, 5.74) is 8.05. The SMILES string of the molecule is NC[C@H]1CC[C@@H](C(=O)Nc2nc3c(s2)CN(Cc2ccccc2)CC3)O1. The molecule has 26 heavy (non-hydrogen) atoms. The number of thiazole rings is 1. The lowest BCUT2D eigenvalue weighted by atomic mass is 10.1. The van der Waals surface area contributed by atoms with Gasteiger partial charge in [0.15, 0.2) is 5.13 Å². The molecule has 138 valence electrons. The molecule has 2 aromatic rings. The van der Waals surface area contributed by atoms with Gasteiger partial charge in [-0.25, -0.2) is 4.98 Å². The molecule has 0 aliphatic carbocycles. The Balaban J connectivity index is 1.36. The van der Waals surface area contributed by atoms with Crippen LogP contribution in [0, 0.1) is 0 Å². The first-order chi connectivity index (χ1) is 12.7. The van der Waals surface area contributed by atoms with E-state index in [1.807, 2.05) is 6.07 Å². The molecule has 1 aromatic heterocycles. The fraction of sp³-hybridized carbons (Fsp3) is 0.474. The summed E-state index contributed by atoms with van der Waals surface area (Å²) in [7, 11) is 0. The maximum absolute atomic E-state index is 12.4. The molecule has 2 aliphatic rings. The average molecular weight is 372 g/mol. The van der Waals surface area contributed by atoms with Crippen molar-refractivity contribution >= 4 is 22.4 Å². The summed E-state index contributed by atoms with van der Waals surface area (Å²) < 4.78 is 5.66. The van der Waals surface area contributed by atoms with Crippen molar-refractivity contribution in [1.29, 1.82) is 0 Å². The number of hydrogen-bond acceptors (Lipinski definition) is 6. The number of amides is 1. The highest BCUT2D eigenvalue weighted by Gasteiger charge is 2.31. The summed E-state index contributed by atoms with van der Waals surface area (Å²) in [6.07, 6.45) is 2.09. The van der Waals surface area contributed by atoms with Crippen LogP contribution in [0.15, 0.2) is 30.3 Å². The van der Waals surface area contributed by atoms with Crippen molar-refractivity contribution in [3.8, 4) is 0 Å². The van der Waals surface area contributed by atoms with E-state index < -0.39 is 6.10 Å². The molecule has 2 aliphatic heterocycles. The molecule has 0 spiro atoms. The summed E-state index contributed by atoms with van der Waals surface area (Å²) in [6.45, 7) is 3.28. The summed E-state index contributed by atoms with van der Waals surface area (Å²) in [5.74, 6) is -0.104. The number of fused-ring (bicyclic) bond motifs is 1. The van der Waals surface area contributed by atoms with E-state index in [4.69, 9.17) is 10.5 Å². The second-order valence-electron chi connectivity index (χ2n) is 6.88. The first-order valence-electron chi connectivity index (χ1n) is 9.12. The number of nitrogens with zero attached hydrogens (tertiary/aromatic N) is 2. The van der Waals surface area contributed by atoms with Crippen molar-refractivity contribution in [2.75, 3.05) is 18.4 Å². The molecule has 1 amide bonds. The van der Waals surface area contributed by atoms with E-state index in [0.29, 0.717) is 11.7 Å². The third-order valence-electron chi connectivity index (χ3n) is 4.95. The second-order valence-corrected chi connectivity index (χ2v) is 7.97. The van der Waals surface area contributed by atoms with Crippen LogP contribution in [0.4, 0.5) is 5.13 Å². The van der Waals surface area contributed by atoms with Crippen LogP contribution in [-0.2, 0) is 29.0 Å². The number of benzene rings is 1. The lowest BCUT2D eigenvalue weighted by Gasteiger charge is -2.25. The number of carbonyl (C=O) groups excluding carboxylic acids is 1. The highest BCUT2D eigenvalue weighted by Crippen LogP contribution is 2.30. The van der Waals surface area contributed by atoms with E-state index in [9.17, 15) is 4.79 Å². The molecule has 2 atom stereocenters. The molecule has 1 aromatic carbocycles. The van der Waals surface area contributed by atoms with Crippen LogP contribution in [0.2, 0.25) is 0 Å². The van der Waals surface area contributed by atoms with E-state index in [1.54, 1.807) is 11.3 Å². The van der Waals surface area contributed by atoms with Crippen LogP contribution in [0.3, 0.4) is 0 Å². The smallest absolute Gasteiger partial charge is 0.255 e. The summed E-state index contributed by atoms with van der Waals surface area (Å²) >= 11 is 1.58. The van der Waals surface area contributed by atoms with Crippen LogP contribution in [0.25, 0.3) is 0 Å². The predicted octanol–water partition coefficient (Wildman–Crippen LogP) is 2.15. The Morgan fingerprint density at radius 2 is 2.19 bits per heavy atom. The van der Waals surface area contributed by atoms with Gasteiger partial charge in [0.1, 0.15) is 6.10 Å². The first kappa shape index (κ1) is 17.6. The van der Waals surface area contributed by atoms with Crippen LogP contribution >= 0.6 is 11.3 Å². The molecule has 3 heterocycles. The number of rotatable bonds is 5. The zero-order chi connectivity index (χ0) is 17.9. The third-order valence-corrected chi connectivity index (χ3v) is 5.95. The fourth-order valence-corrected chi connectivity index (χ4v) is 4.59. The van der Waals surface area contributed by atoms with Crippen molar-refractivity contribution in [2.45, 2.75) is 44.6 Å². The van der Waals surface area contributed by atoms with Gasteiger partial charge >= 0.3 is 0 Å². The van der Waals surface area contributed by atoms with Gasteiger partial charge in [-0.1, -0.05) is 30.3 Å². The summed E-state index contributed by atoms with van der Waals surface area (Å²) in [4.78, 5) is 20.7. The maximum atomic E-state index is 12.4. The Morgan fingerprint density at radius 1 is 1.35 bits per heavy atom. The second kappa shape index (κ2) is 7.84. The Labute approximate surface area is 157 Å². The van der Waals surface area contributed by atoms with Gasteiger partial charge < -0.3 is 10.5 Å². The Kier molecular flexibility index (Phi) is 5.31. The van der Waals surface area contributed by atoms with Crippen molar-refractivity contribution in [2.24, 2.45) is 5.73 Å². The monoisotopic (exact) mass is 372 g/mol. The highest BCUT2D eigenvalue weighted by molar-refractivity contribution is 7.15. The number of ether oxygens (including phenoxy) is 1. The molecule has 0 radical (unpaired) electrons. The standard InChI is InChI=1S/C19H24N4O2S/c20-10-14-6-7-16(25-14)18(24)22-19-21-15-8-9-23(12-17(15)26-19)11-13-4-2-1-3-5-13/h1-5,14,16H,6-12,20H2,(H,21,22,24)/t14-,16+/m1/s1. The summed E-state index contributed by atoms with van der Waals surface area (Å²) in [6, 6.07) is 10.5. The molecule has 0 bridgehead atoms. The minimum atomic E-state index is -0.404. The van der Waals surface area contributed by atoms with E-state index in [1.165, 1.54) is 10.4 Å². The van der Waals surface area contributed by atoms with Crippen molar-refractivity contribution < 1.29 is 9.53 Å². The molecule has 0 unspecified atom stereocenters. The van der Waals surface area contributed by atoms with Crippen LogP contribution in [0.1, 0.15) is 29.0 Å². The number of hydrogen-bond donors (Lipinski definition) is 2. The van der Waals surface area contributed by atoms with E-state index in [0.717, 1.165) is 44.6 Å². The van der Waals surface area contributed by atoms with Crippen LogP contribution < -0.4 is 11.1 Å². The molecule has 6 nitrogen and oxygen atoms in total. The Hall–Kier alpha value is -1.80. The Bertz CT molecular complexity index is 764. The molecular formula is C19H24N4O2S. The van der Waals surface area contributed by atoms with Gasteiger partial charge in [-0.15, -0.1) is 11.3 Å². The Morgan fingerprint density at radius 3 is 2.96 bits per heavy atom. The van der Waals surface area contributed by atoms with Gasteiger partial charge in [-0.3, -0.25) is 15.0 Å². The van der Waals surface area contributed by atoms with Crippen LogP contribution in [-0.4, -0.2) is 41.1 Å². The van der Waals surface area contributed by atoms with Crippen molar-refractivity contribution in [3.63, 3.8) is 0 Å². The summed E-state index contributed by atoms with van der Waals surface area (Å²) in [5, 5.41) is 3.62. The molecular weight excluding hydrogens is 348 g/mol. The van der Waals surface area contributed by atoms with Gasteiger partial charge in [0.25, 0.3) is 5.91 Å². The fourth-order valence-electron chi connectivity index (χ4n) is 3.54. The quantitative estimate of drug-likeness (QED) is 0.841. The first-order valence-corrected chi connectivity index (χ1v) is 9.94. The van der Waals surface area contributed by atoms with Gasteiger partial charge in [0.2, 0.25) is 0 Å². The number of aromatic nitrogens is 1. The predicted molar refractivity (Wildman–Crippen MR) is 102 cm³/mol. The number of nitrogens with one attached hydrogen (secondary N) is 1. The van der Waals surface area contributed by atoms with Gasteiger partial charge in [-0.05, 0) is 18.4 Å². The number of carbonyl (C=O) groups is 1. The van der Waals surface area contributed by atoms with Gasteiger partial charge in [0.05, 0.1) is 11.8 Å². The average Bonchev–Trinajstić information content (AvgIpc) is 3.28. The number of nitrogens with two attached hydrogens (primary N) is 1. The van der Waals surface area contributed by atoms with Crippen molar-refractivity contribution in [3.05, 3.63) is 46.5 Å².